The minimum Gasteiger partial charge on any atom is -0.398 e. The van der Waals surface area contributed by atoms with Gasteiger partial charge in [0.25, 0.3) is 0 Å². The minimum absolute atomic E-state index is 0.280. The number of hydrogen-bond acceptors (Lipinski definition) is 2. The van der Waals surface area contributed by atoms with Crippen LogP contribution in [0.2, 0.25) is 0 Å². The number of nitrogens with zero attached hydrogens (tertiary/aromatic N) is 2. The van der Waals surface area contributed by atoms with Gasteiger partial charge in [-0.1, -0.05) is 0 Å². The summed E-state index contributed by atoms with van der Waals surface area (Å²) in [5.41, 5.74) is 8.03. The molecule has 0 spiro atoms. The van der Waals surface area contributed by atoms with Gasteiger partial charge in [-0.15, -0.1) is 0 Å². The molecule has 19 heavy (non-hydrogen) atoms. The van der Waals surface area contributed by atoms with Gasteiger partial charge in [0, 0.05) is 35.3 Å². The number of hydrogen-bond donors (Lipinski definition) is 1. The lowest BCUT2D eigenvalue weighted by Crippen LogP contribution is -1.95. The van der Waals surface area contributed by atoms with Crippen molar-refractivity contribution in [3.05, 3.63) is 48.2 Å². The topological polar surface area (TPSA) is 43.8 Å². The molecule has 3 aromatic rings. The quantitative estimate of drug-likeness (QED) is 0.682. The number of benzene rings is 2. The number of aryl methyl sites for hydroxylation is 1. The number of nitrogens with two attached hydrogens (primary N) is 1. The number of halogens is 2. The Morgan fingerprint density at radius 1 is 1.11 bits per heavy atom. The predicted octanol–water partition coefficient (Wildman–Crippen LogP) is 3.10. The second-order valence-corrected chi connectivity index (χ2v) is 4.39. The molecule has 0 fully saturated rings. The Hall–Kier alpha value is -2.43. The molecular formula is C14H11F2N3. The van der Waals surface area contributed by atoms with E-state index in [2.05, 4.69) is 5.10 Å². The molecule has 0 bridgehead atoms. The van der Waals surface area contributed by atoms with Gasteiger partial charge in [-0.05, 0) is 24.3 Å². The molecule has 1 aromatic heterocycles. The molecule has 0 aliphatic rings. The van der Waals surface area contributed by atoms with Crippen molar-refractivity contribution in [3.63, 3.8) is 0 Å². The Labute approximate surface area is 108 Å². The predicted molar refractivity (Wildman–Crippen MR) is 70.5 cm³/mol. The molecule has 0 aliphatic heterocycles. The van der Waals surface area contributed by atoms with Gasteiger partial charge in [0.15, 0.2) is 0 Å². The summed E-state index contributed by atoms with van der Waals surface area (Å²) in [6.45, 7) is 0. The van der Waals surface area contributed by atoms with Crippen molar-refractivity contribution in [1.29, 1.82) is 0 Å². The lowest BCUT2D eigenvalue weighted by atomic mass is 10.0. The second-order valence-electron chi connectivity index (χ2n) is 4.39. The SMILES string of the molecule is Cn1ncc2cc(N)c(-c3ccc(F)cc3F)cc21. The molecule has 0 amide bonds. The summed E-state index contributed by atoms with van der Waals surface area (Å²) in [4.78, 5) is 0. The normalized spacial score (nSPS) is 11.1. The van der Waals surface area contributed by atoms with Crippen molar-refractivity contribution >= 4 is 16.6 Å². The van der Waals surface area contributed by atoms with Gasteiger partial charge >= 0.3 is 0 Å². The maximum absolute atomic E-state index is 13.8. The third-order valence-corrected chi connectivity index (χ3v) is 3.14. The zero-order valence-corrected chi connectivity index (χ0v) is 10.2. The maximum atomic E-state index is 13.8. The molecule has 0 unspecified atom stereocenters. The summed E-state index contributed by atoms with van der Waals surface area (Å²) in [7, 11) is 1.79. The third kappa shape index (κ3) is 1.83. The first-order chi connectivity index (χ1) is 9.06. The van der Waals surface area contributed by atoms with E-state index in [4.69, 9.17) is 5.73 Å². The van der Waals surface area contributed by atoms with Gasteiger partial charge in [-0.3, -0.25) is 4.68 Å². The van der Waals surface area contributed by atoms with Gasteiger partial charge in [-0.2, -0.15) is 5.10 Å². The number of aromatic nitrogens is 2. The Morgan fingerprint density at radius 3 is 2.63 bits per heavy atom. The van der Waals surface area contributed by atoms with Crippen LogP contribution in [0.1, 0.15) is 0 Å². The fourth-order valence-electron chi connectivity index (χ4n) is 2.16. The van der Waals surface area contributed by atoms with Gasteiger partial charge in [-0.25, -0.2) is 8.78 Å². The summed E-state index contributed by atoms with van der Waals surface area (Å²) >= 11 is 0. The summed E-state index contributed by atoms with van der Waals surface area (Å²) < 4.78 is 28.5. The van der Waals surface area contributed by atoms with Crippen LogP contribution in [0, 0.1) is 11.6 Å². The van der Waals surface area contributed by atoms with Crippen LogP contribution in [0.5, 0.6) is 0 Å². The van der Waals surface area contributed by atoms with E-state index < -0.39 is 11.6 Å². The van der Waals surface area contributed by atoms with Crippen LogP contribution in [-0.2, 0) is 7.05 Å². The van der Waals surface area contributed by atoms with Crippen LogP contribution in [-0.4, -0.2) is 9.78 Å². The lowest BCUT2D eigenvalue weighted by molar-refractivity contribution is 0.585. The molecule has 2 N–H and O–H groups in total. The first-order valence-electron chi connectivity index (χ1n) is 5.73. The number of anilines is 1. The van der Waals surface area contributed by atoms with E-state index >= 15 is 0 Å². The number of nitrogen functional groups attached to an aromatic ring is 1. The van der Waals surface area contributed by atoms with E-state index in [1.54, 1.807) is 30.1 Å². The molecule has 0 atom stereocenters. The van der Waals surface area contributed by atoms with Crippen LogP contribution >= 0.6 is 0 Å². The highest BCUT2D eigenvalue weighted by Crippen LogP contribution is 2.32. The average Bonchev–Trinajstić information content (AvgIpc) is 2.70. The van der Waals surface area contributed by atoms with E-state index in [0.29, 0.717) is 11.3 Å². The van der Waals surface area contributed by atoms with Crippen molar-refractivity contribution in [1.82, 2.24) is 9.78 Å². The maximum Gasteiger partial charge on any atom is 0.134 e. The Bertz CT molecular complexity index is 778. The summed E-state index contributed by atoms with van der Waals surface area (Å²) in [5.74, 6) is -1.24. The van der Waals surface area contributed by atoms with Gasteiger partial charge in [0.1, 0.15) is 11.6 Å². The summed E-state index contributed by atoms with van der Waals surface area (Å²) in [5, 5.41) is 5.00. The highest BCUT2D eigenvalue weighted by Gasteiger charge is 2.12. The fourth-order valence-corrected chi connectivity index (χ4v) is 2.16. The summed E-state index contributed by atoms with van der Waals surface area (Å²) in [6.07, 6.45) is 1.69. The van der Waals surface area contributed by atoms with E-state index in [-0.39, 0.29) is 5.56 Å². The molecule has 3 rings (SSSR count). The van der Waals surface area contributed by atoms with Crippen molar-refractivity contribution < 1.29 is 8.78 Å². The van der Waals surface area contributed by atoms with E-state index in [1.807, 2.05) is 0 Å². The Kier molecular flexibility index (Phi) is 2.48. The van der Waals surface area contributed by atoms with Gasteiger partial charge in [0.05, 0.1) is 11.7 Å². The van der Waals surface area contributed by atoms with Crippen LogP contribution in [0.3, 0.4) is 0 Å². The van der Waals surface area contributed by atoms with E-state index in [0.717, 1.165) is 17.0 Å². The molecule has 0 radical (unpaired) electrons. The zero-order valence-electron chi connectivity index (χ0n) is 10.2. The zero-order chi connectivity index (χ0) is 13.6. The molecule has 3 nitrogen and oxygen atoms in total. The van der Waals surface area contributed by atoms with Crippen molar-refractivity contribution in [2.75, 3.05) is 5.73 Å². The van der Waals surface area contributed by atoms with Crippen molar-refractivity contribution in [2.24, 2.45) is 7.05 Å². The average molecular weight is 259 g/mol. The Balaban J connectivity index is 2.29. The monoisotopic (exact) mass is 259 g/mol. The van der Waals surface area contributed by atoms with Crippen molar-refractivity contribution in [2.45, 2.75) is 0 Å². The van der Waals surface area contributed by atoms with Gasteiger partial charge in [0.2, 0.25) is 0 Å². The van der Waals surface area contributed by atoms with Crippen LogP contribution in [0.25, 0.3) is 22.0 Å². The minimum atomic E-state index is -0.631. The van der Waals surface area contributed by atoms with E-state index in [9.17, 15) is 8.78 Å². The smallest absolute Gasteiger partial charge is 0.134 e. The summed E-state index contributed by atoms with van der Waals surface area (Å²) in [6, 6.07) is 6.94. The van der Waals surface area contributed by atoms with Crippen LogP contribution < -0.4 is 5.73 Å². The van der Waals surface area contributed by atoms with Crippen molar-refractivity contribution in [3.8, 4) is 11.1 Å². The molecule has 0 saturated carbocycles. The largest absolute Gasteiger partial charge is 0.398 e. The molecule has 96 valence electrons. The standard InChI is InChI=1S/C14H11F2N3/c1-19-14-6-11(13(17)4-8(14)7-18-19)10-3-2-9(15)5-12(10)16/h2-7H,17H2,1H3. The van der Waals surface area contributed by atoms with Crippen LogP contribution in [0.15, 0.2) is 36.5 Å². The number of fused-ring (bicyclic) bond motifs is 1. The van der Waals surface area contributed by atoms with E-state index in [1.165, 1.54) is 12.1 Å². The molecule has 0 aliphatic carbocycles. The number of rotatable bonds is 1. The highest BCUT2D eigenvalue weighted by molar-refractivity contribution is 5.91. The Morgan fingerprint density at radius 2 is 1.89 bits per heavy atom. The van der Waals surface area contributed by atoms with Crippen LogP contribution in [0.4, 0.5) is 14.5 Å². The second kappa shape index (κ2) is 4.05. The first-order valence-corrected chi connectivity index (χ1v) is 5.73. The highest BCUT2D eigenvalue weighted by atomic mass is 19.1. The molecule has 2 aromatic carbocycles. The van der Waals surface area contributed by atoms with Gasteiger partial charge < -0.3 is 5.73 Å². The molecular weight excluding hydrogens is 248 g/mol. The first kappa shape index (κ1) is 11.6. The fraction of sp³-hybridized carbons (Fsp3) is 0.0714. The molecule has 5 heteroatoms. The lowest BCUT2D eigenvalue weighted by Gasteiger charge is -2.08. The molecule has 1 heterocycles. The molecule has 0 saturated heterocycles. The third-order valence-electron chi connectivity index (χ3n) is 3.14.